The van der Waals surface area contributed by atoms with E-state index in [9.17, 15) is 9.59 Å². The normalized spacial score (nSPS) is 23.1. The van der Waals surface area contributed by atoms with Crippen LogP contribution >= 0.6 is 0 Å². The third-order valence-corrected chi connectivity index (χ3v) is 7.02. The van der Waals surface area contributed by atoms with E-state index in [0.717, 1.165) is 51.9 Å². The number of rotatable bonds is 2. The van der Waals surface area contributed by atoms with Crippen molar-refractivity contribution in [3.05, 3.63) is 35.9 Å². The average molecular weight is 572 g/mol. The van der Waals surface area contributed by atoms with Gasteiger partial charge in [-0.1, -0.05) is 49.6 Å². The molecule has 5 rings (SSSR count). The van der Waals surface area contributed by atoms with Crippen LogP contribution in [0.4, 0.5) is 0 Å². The number of amides is 2. The molecule has 196 valence electrons. The maximum Gasteiger partial charge on any atom is 0.246 e. The number of nitrogens with one attached hydrogen (secondary N) is 2. The van der Waals surface area contributed by atoms with Gasteiger partial charge in [0.2, 0.25) is 11.8 Å². The van der Waals surface area contributed by atoms with Crippen LogP contribution in [0.2, 0.25) is 0 Å². The predicted octanol–water partition coefficient (Wildman–Crippen LogP) is 0.351. The quantitative estimate of drug-likeness (QED) is 0.493. The average Bonchev–Trinajstić information content (AvgIpc) is 2.82. The minimum Gasteiger partial charge on any atom is -0.412 e. The largest absolute Gasteiger partial charge is 0.412 e. The van der Waals surface area contributed by atoms with E-state index in [4.69, 9.17) is 9.47 Å². The van der Waals surface area contributed by atoms with Crippen LogP contribution in [0.5, 0.6) is 0 Å². The molecule has 3 saturated heterocycles. The van der Waals surface area contributed by atoms with Crippen LogP contribution in [0.3, 0.4) is 0 Å². The summed E-state index contributed by atoms with van der Waals surface area (Å²) in [6, 6.07) is 10.6. The first-order chi connectivity index (χ1) is 15.1. The fraction of sp³-hybridized carbons (Fsp3) is 0.667. The summed E-state index contributed by atoms with van der Waals surface area (Å²) in [7, 11) is 0. The molecule has 4 aliphatic rings. The van der Waals surface area contributed by atoms with Crippen LogP contribution < -0.4 is 10.6 Å². The standard InChI is InChI=1S/C15H20N2O2.C9H15NO2.2H2O.Pd/c18-14-11-19-15(12-16-14)6-8-17(9-7-15)10-13-4-2-1-3-5-13;11-8-6-12-9(7-10-8)4-2-1-3-5-9;;;/h1-5H,6-12H2,(H,16,18);1-7H2,(H,10,11);2*1H2;. The van der Waals surface area contributed by atoms with Gasteiger partial charge in [-0.05, 0) is 31.2 Å². The molecule has 1 saturated carbocycles. The summed E-state index contributed by atoms with van der Waals surface area (Å²) in [5.41, 5.74) is 1.25. The molecule has 10 heteroatoms. The van der Waals surface area contributed by atoms with Gasteiger partial charge in [-0.3, -0.25) is 14.5 Å². The number of morpholine rings is 2. The Balaban J connectivity index is 0.000000338. The zero-order valence-electron chi connectivity index (χ0n) is 19.7. The van der Waals surface area contributed by atoms with E-state index in [1.165, 1.54) is 24.8 Å². The number of ether oxygens (including phenoxy) is 2. The van der Waals surface area contributed by atoms with Crippen molar-refractivity contribution >= 4 is 11.8 Å². The van der Waals surface area contributed by atoms with Crippen LogP contribution in [0.25, 0.3) is 0 Å². The maximum absolute atomic E-state index is 11.1. The maximum atomic E-state index is 11.1. The van der Waals surface area contributed by atoms with Gasteiger partial charge in [0.25, 0.3) is 0 Å². The first-order valence-electron chi connectivity index (χ1n) is 11.6. The van der Waals surface area contributed by atoms with Crippen molar-refractivity contribution in [2.75, 3.05) is 39.4 Å². The fourth-order valence-electron chi connectivity index (χ4n) is 4.96. The van der Waals surface area contributed by atoms with E-state index in [-0.39, 0.29) is 67.6 Å². The van der Waals surface area contributed by atoms with Crippen LogP contribution in [0.15, 0.2) is 30.3 Å². The van der Waals surface area contributed by atoms with Crippen molar-refractivity contribution in [2.45, 2.75) is 62.7 Å². The monoisotopic (exact) mass is 571 g/mol. The first-order valence-corrected chi connectivity index (χ1v) is 11.6. The van der Waals surface area contributed by atoms with Gasteiger partial charge in [-0.15, -0.1) is 0 Å². The molecule has 4 fully saturated rings. The second-order valence-corrected chi connectivity index (χ2v) is 9.32. The summed E-state index contributed by atoms with van der Waals surface area (Å²) in [6.07, 6.45) is 8.05. The third kappa shape index (κ3) is 8.38. The van der Waals surface area contributed by atoms with E-state index in [1.54, 1.807) is 0 Å². The van der Waals surface area contributed by atoms with Crippen molar-refractivity contribution in [3.8, 4) is 0 Å². The van der Waals surface area contributed by atoms with Crippen molar-refractivity contribution in [1.29, 1.82) is 0 Å². The van der Waals surface area contributed by atoms with Gasteiger partial charge in [-0.2, -0.15) is 0 Å². The van der Waals surface area contributed by atoms with Crippen molar-refractivity contribution in [2.24, 2.45) is 0 Å². The summed E-state index contributed by atoms with van der Waals surface area (Å²) in [6.45, 7) is 4.95. The Morgan fingerprint density at radius 1 is 0.765 bits per heavy atom. The Kier molecular flexibility index (Phi) is 12.8. The van der Waals surface area contributed by atoms with Gasteiger partial charge in [0.15, 0.2) is 0 Å². The summed E-state index contributed by atoms with van der Waals surface area (Å²) in [5, 5.41) is 5.80. The van der Waals surface area contributed by atoms with Gasteiger partial charge >= 0.3 is 0 Å². The number of hydrogen-bond donors (Lipinski definition) is 2. The van der Waals surface area contributed by atoms with E-state index in [0.29, 0.717) is 6.54 Å². The Labute approximate surface area is 215 Å². The van der Waals surface area contributed by atoms with Crippen molar-refractivity contribution < 1.29 is 50.4 Å². The molecule has 0 aromatic heterocycles. The van der Waals surface area contributed by atoms with E-state index < -0.39 is 0 Å². The minimum atomic E-state index is -0.110. The molecule has 0 atom stereocenters. The summed E-state index contributed by atoms with van der Waals surface area (Å²) in [4.78, 5) is 24.5. The van der Waals surface area contributed by atoms with E-state index in [1.807, 2.05) is 6.07 Å². The Bertz CT molecular complexity index is 728. The molecule has 2 amide bonds. The molecule has 1 aromatic carbocycles. The van der Waals surface area contributed by atoms with Crippen LogP contribution in [-0.2, 0) is 46.0 Å². The smallest absolute Gasteiger partial charge is 0.246 e. The number of nitrogens with zero attached hydrogens (tertiary/aromatic N) is 1. The number of benzene rings is 1. The third-order valence-electron chi connectivity index (χ3n) is 7.02. The van der Waals surface area contributed by atoms with Gasteiger partial charge in [0.1, 0.15) is 13.2 Å². The van der Waals surface area contributed by atoms with Crippen LogP contribution in [-0.4, -0.2) is 78.3 Å². The Morgan fingerprint density at radius 3 is 1.74 bits per heavy atom. The molecule has 34 heavy (non-hydrogen) atoms. The molecule has 1 aliphatic carbocycles. The second kappa shape index (κ2) is 14.2. The van der Waals surface area contributed by atoms with Gasteiger partial charge in [0, 0.05) is 53.1 Å². The van der Waals surface area contributed by atoms with Crippen molar-refractivity contribution in [1.82, 2.24) is 15.5 Å². The van der Waals surface area contributed by atoms with Crippen molar-refractivity contribution in [3.63, 3.8) is 0 Å². The van der Waals surface area contributed by atoms with Gasteiger partial charge < -0.3 is 31.1 Å². The molecule has 2 spiro atoms. The Morgan fingerprint density at radius 2 is 1.26 bits per heavy atom. The SMILES string of the molecule is O.O.O=C1COC2(CCCCC2)CN1.O=C1COC2(CCN(Cc3ccccc3)CC2)CN1.[Pd]. The zero-order chi connectivity index (χ0) is 21.6. The molecular weight excluding hydrogens is 533 g/mol. The molecule has 3 heterocycles. The molecule has 3 aliphatic heterocycles. The molecule has 1 aromatic rings. The van der Waals surface area contributed by atoms with Crippen LogP contribution in [0.1, 0.15) is 50.5 Å². The first kappa shape index (κ1) is 30.7. The molecule has 6 N–H and O–H groups in total. The zero-order valence-corrected chi connectivity index (χ0v) is 21.2. The summed E-state index contributed by atoms with van der Waals surface area (Å²) in [5.74, 6) is 0.0449. The number of carbonyl (C=O) groups is 2. The van der Waals surface area contributed by atoms with E-state index in [2.05, 4.69) is 39.8 Å². The van der Waals surface area contributed by atoms with Gasteiger partial charge in [-0.25, -0.2) is 0 Å². The number of carbonyl (C=O) groups excluding carboxylic acids is 2. The number of hydrogen-bond acceptors (Lipinski definition) is 5. The number of piperidine rings is 1. The summed E-state index contributed by atoms with van der Waals surface area (Å²) >= 11 is 0. The molecule has 0 radical (unpaired) electrons. The predicted molar refractivity (Wildman–Crippen MR) is 125 cm³/mol. The molecule has 9 nitrogen and oxygen atoms in total. The van der Waals surface area contributed by atoms with Crippen LogP contribution in [0, 0.1) is 0 Å². The van der Waals surface area contributed by atoms with E-state index >= 15 is 0 Å². The minimum absolute atomic E-state index is 0. The molecular formula is C24H39N3O6Pd. The van der Waals surface area contributed by atoms with Gasteiger partial charge in [0.05, 0.1) is 11.2 Å². The Hall–Kier alpha value is -1.38. The summed E-state index contributed by atoms with van der Waals surface area (Å²) < 4.78 is 11.4. The fourth-order valence-corrected chi connectivity index (χ4v) is 4.96. The molecule has 0 unspecified atom stereocenters. The second-order valence-electron chi connectivity index (χ2n) is 9.32. The number of likely N-dealkylation sites (tertiary alicyclic amines) is 1. The molecule has 0 bridgehead atoms. The topological polar surface area (TPSA) is 143 Å².